The Morgan fingerprint density at radius 3 is 2.67 bits per heavy atom. The smallest absolute Gasteiger partial charge is 0.249 e. The third-order valence-corrected chi connectivity index (χ3v) is 4.98. The van der Waals surface area contributed by atoms with Crippen LogP contribution in [0.2, 0.25) is 0 Å². The van der Waals surface area contributed by atoms with Crippen LogP contribution >= 0.6 is 0 Å². The number of carbonyl (C=O) groups excluding carboxylic acids is 1. The second-order valence-electron chi connectivity index (χ2n) is 6.34. The molecule has 1 aromatic rings. The van der Waals surface area contributed by atoms with Crippen molar-refractivity contribution in [3.63, 3.8) is 0 Å². The third kappa shape index (κ3) is 3.44. The van der Waals surface area contributed by atoms with Crippen LogP contribution in [0.15, 0.2) is 24.3 Å². The molecule has 21 heavy (non-hydrogen) atoms. The Morgan fingerprint density at radius 1 is 1.24 bits per heavy atom. The van der Waals surface area contributed by atoms with Crippen LogP contribution < -0.4 is 11.1 Å². The topological polar surface area (TPSA) is 58.4 Å². The van der Waals surface area contributed by atoms with Gasteiger partial charge in [-0.05, 0) is 62.9 Å². The van der Waals surface area contributed by atoms with Crippen molar-refractivity contribution in [3.8, 4) is 0 Å². The number of nitrogens with two attached hydrogens (primary N) is 1. The number of rotatable bonds is 4. The number of hydrogen-bond acceptors (Lipinski definition) is 3. The zero-order valence-electron chi connectivity index (χ0n) is 12.6. The second kappa shape index (κ2) is 6.58. The maximum Gasteiger partial charge on any atom is 0.249 e. The molecule has 0 saturated carbocycles. The number of likely N-dealkylation sites (tertiary alicyclic amines) is 1. The average Bonchev–Trinajstić information content (AvgIpc) is 3.03. The monoisotopic (exact) mass is 287 g/mol. The van der Waals surface area contributed by atoms with Gasteiger partial charge in [0.2, 0.25) is 5.91 Å². The summed E-state index contributed by atoms with van der Waals surface area (Å²) in [5.74, 6) is 0.505. The number of nitrogens with one attached hydrogen (secondary N) is 1. The number of piperidine rings is 1. The minimum Gasteiger partial charge on any atom is -0.366 e. The Morgan fingerprint density at radius 2 is 2.00 bits per heavy atom. The number of hydrogen-bond donors (Lipinski definition) is 2. The number of primary amides is 1. The highest BCUT2D eigenvalue weighted by molar-refractivity contribution is 5.94. The molecule has 2 aliphatic rings. The summed E-state index contributed by atoms with van der Waals surface area (Å²) in [5, 5.41) is 3.64. The van der Waals surface area contributed by atoms with Gasteiger partial charge in [-0.1, -0.05) is 18.2 Å². The lowest BCUT2D eigenvalue weighted by Gasteiger charge is -2.35. The van der Waals surface area contributed by atoms with Crippen molar-refractivity contribution in [1.82, 2.24) is 10.2 Å². The standard InChI is InChI=1S/C17H25N3O/c18-17(21)15-5-2-1-4-14(15)12-20-10-7-13(8-11-20)16-6-3-9-19-16/h1-2,4-5,13,16,19H,3,6-12H2,(H2,18,21). The molecule has 1 aromatic carbocycles. The molecular weight excluding hydrogens is 262 g/mol. The lowest BCUT2D eigenvalue weighted by Crippen LogP contribution is -2.40. The summed E-state index contributed by atoms with van der Waals surface area (Å²) < 4.78 is 0. The molecule has 1 unspecified atom stereocenters. The first-order valence-electron chi connectivity index (χ1n) is 8.07. The summed E-state index contributed by atoms with van der Waals surface area (Å²) in [6.45, 7) is 4.27. The van der Waals surface area contributed by atoms with Crippen molar-refractivity contribution in [2.24, 2.45) is 11.7 Å². The molecule has 0 radical (unpaired) electrons. The first kappa shape index (κ1) is 14.5. The van der Waals surface area contributed by atoms with Crippen molar-refractivity contribution in [2.45, 2.75) is 38.3 Å². The summed E-state index contributed by atoms with van der Waals surface area (Å²) in [6.07, 6.45) is 5.19. The van der Waals surface area contributed by atoms with E-state index in [2.05, 4.69) is 10.2 Å². The maximum absolute atomic E-state index is 11.5. The van der Waals surface area contributed by atoms with E-state index in [9.17, 15) is 4.79 Å². The summed E-state index contributed by atoms with van der Waals surface area (Å²) >= 11 is 0. The van der Waals surface area contributed by atoms with Crippen molar-refractivity contribution in [3.05, 3.63) is 35.4 Å². The average molecular weight is 287 g/mol. The molecule has 4 nitrogen and oxygen atoms in total. The van der Waals surface area contributed by atoms with Gasteiger partial charge in [-0.15, -0.1) is 0 Å². The normalized spacial score (nSPS) is 24.3. The van der Waals surface area contributed by atoms with Crippen molar-refractivity contribution >= 4 is 5.91 Å². The fourth-order valence-corrected chi connectivity index (χ4v) is 3.77. The summed E-state index contributed by atoms with van der Waals surface area (Å²) in [4.78, 5) is 13.9. The Labute approximate surface area is 126 Å². The molecule has 0 aliphatic carbocycles. The molecule has 3 N–H and O–H groups in total. The van der Waals surface area contributed by atoms with E-state index in [0.717, 1.165) is 37.2 Å². The van der Waals surface area contributed by atoms with Crippen LogP contribution in [0.5, 0.6) is 0 Å². The van der Waals surface area contributed by atoms with Gasteiger partial charge in [0.1, 0.15) is 0 Å². The van der Waals surface area contributed by atoms with Gasteiger partial charge < -0.3 is 11.1 Å². The van der Waals surface area contributed by atoms with Crippen LogP contribution in [0.1, 0.15) is 41.6 Å². The SMILES string of the molecule is NC(=O)c1ccccc1CN1CCC(C2CCCN2)CC1. The zero-order valence-corrected chi connectivity index (χ0v) is 12.6. The summed E-state index contributed by atoms with van der Waals surface area (Å²) in [7, 11) is 0. The number of carbonyl (C=O) groups is 1. The summed E-state index contributed by atoms with van der Waals surface area (Å²) in [5.41, 5.74) is 7.18. The van der Waals surface area contributed by atoms with Crippen LogP contribution in [0.25, 0.3) is 0 Å². The fourth-order valence-electron chi connectivity index (χ4n) is 3.77. The van der Waals surface area contributed by atoms with Gasteiger partial charge in [-0.25, -0.2) is 0 Å². The number of benzene rings is 1. The molecule has 2 saturated heterocycles. The molecule has 2 heterocycles. The van der Waals surface area contributed by atoms with Gasteiger partial charge in [0.15, 0.2) is 0 Å². The number of amides is 1. The minimum atomic E-state index is -0.323. The molecule has 0 bridgehead atoms. The van der Waals surface area contributed by atoms with Gasteiger partial charge in [-0.2, -0.15) is 0 Å². The molecule has 0 spiro atoms. The second-order valence-corrected chi connectivity index (χ2v) is 6.34. The zero-order chi connectivity index (χ0) is 14.7. The Balaban J connectivity index is 1.57. The van der Waals surface area contributed by atoms with E-state index >= 15 is 0 Å². The molecule has 0 aromatic heterocycles. The summed E-state index contributed by atoms with van der Waals surface area (Å²) in [6, 6.07) is 8.45. The van der Waals surface area contributed by atoms with E-state index < -0.39 is 0 Å². The predicted octanol–water partition coefficient (Wildman–Crippen LogP) is 1.75. The lowest BCUT2D eigenvalue weighted by atomic mass is 9.88. The number of nitrogens with zero attached hydrogens (tertiary/aromatic N) is 1. The first-order chi connectivity index (χ1) is 10.2. The molecule has 114 valence electrons. The molecule has 1 amide bonds. The molecule has 3 rings (SSSR count). The molecule has 2 aliphatic heterocycles. The van der Waals surface area contributed by atoms with Crippen LogP contribution in [-0.2, 0) is 6.54 Å². The molecule has 1 atom stereocenters. The van der Waals surface area contributed by atoms with Gasteiger partial charge in [0.25, 0.3) is 0 Å². The van der Waals surface area contributed by atoms with Crippen LogP contribution in [-0.4, -0.2) is 36.5 Å². The molecular formula is C17H25N3O. The van der Waals surface area contributed by atoms with Crippen molar-refractivity contribution < 1.29 is 4.79 Å². The highest BCUT2D eigenvalue weighted by atomic mass is 16.1. The Hall–Kier alpha value is -1.39. The first-order valence-corrected chi connectivity index (χ1v) is 8.07. The lowest BCUT2D eigenvalue weighted by molar-refractivity contribution is 0.0997. The van der Waals surface area contributed by atoms with Gasteiger partial charge in [0, 0.05) is 18.2 Å². The highest BCUT2D eigenvalue weighted by Crippen LogP contribution is 2.26. The Kier molecular flexibility index (Phi) is 4.56. The molecule has 2 fully saturated rings. The Bertz CT molecular complexity index is 489. The van der Waals surface area contributed by atoms with Crippen LogP contribution in [0.3, 0.4) is 0 Å². The van der Waals surface area contributed by atoms with E-state index in [0.29, 0.717) is 5.56 Å². The predicted molar refractivity (Wildman–Crippen MR) is 84.0 cm³/mol. The highest BCUT2D eigenvalue weighted by Gasteiger charge is 2.28. The van der Waals surface area contributed by atoms with Gasteiger partial charge in [-0.3, -0.25) is 9.69 Å². The van der Waals surface area contributed by atoms with E-state index in [1.165, 1.54) is 32.2 Å². The molecule has 4 heteroatoms. The van der Waals surface area contributed by atoms with Crippen molar-refractivity contribution in [1.29, 1.82) is 0 Å². The van der Waals surface area contributed by atoms with Gasteiger partial charge in [0.05, 0.1) is 0 Å². The van der Waals surface area contributed by atoms with E-state index in [-0.39, 0.29) is 5.91 Å². The largest absolute Gasteiger partial charge is 0.366 e. The van der Waals surface area contributed by atoms with Gasteiger partial charge >= 0.3 is 0 Å². The quantitative estimate of drug-likeness (QED) is 0.887. The minimum absolute atomic E-state index is 0.323. The van der Waals surface area contributed by atoms with Crippen LogP contribution in [0, 0.1) is 5.92 Å². The van der Waals surface area contributed by atoms with Crippen LogP contribution in [0.4, 0.5) is 0 Å². The third-order valence-electron chi connectivity index (χ3n) is 4.98. The maximum atomic E-state index is 11.5. The van der Waals surface area contributed by atoms with E-state index in [1.54, 1.807) is 0 Å². The van der Waals surface area contributed by atoms with Crippen molar-refractivity contribution in [2.75, 3.05) is 19.6 Å². The van der Waals surface area contributed by atoms with E-state index in [1.807, 2.05) is 24.3 Å². The van der Waals surface area contributed by atoms with E-state index in [4.69, 9.17) is 5.73 Å². The fraction of sp³-hybridized carbons (Fsp3) is 0.588.